The molecule has 0 fully saturated rings. The van der Waals surface area contributed by atoms with Crippen molar-refractivity contribution in [2.24, 2.45) is 0 Å². The lowest BCUT2D eigenvalue weighted by Crippen LogP contribution is -2.13. The fraction of sp³-hybridized carbons (Fsp3) is 0.333. The highest BCUT2D eigenvalue weighted by atomic mass is 15.3. The van der Waals surface area contributed by atoms with Crippen molar-refractivity contribution in [3.63, 3.8) is 0 Å². The summed E-state index contributed by atoms with van der Waals surface area (Å²) in [6.45, 7) is 5.56. The average molecular weight is 312 g/mol. The smallest absolute Gasteiger partial charge is 0.182 e. The predicted octanol–water partition coefficient (Wildman–Crippen LogP) is 1.56. The predicted molar refractivity (Wildman–Crippen MR) is 88.4 cm³/mol. The van der Waals surface area contributed by atoms with E-state index in [2.05, 4.69) is 25.4 Å². The van der Waals surface area contributed by atoms with Crippen molar-refractivity contribution in [3.8, 4) is 5.82 Å². The molecule has 8 heteroatoms. The van der Waals surface area contributed by atoms with E-state index in [1.165, 1.54) is 6.33 Å². The summed E-state index contributed by atoms with van der Waals surface area (Å²) in [5.74, 6) is 1.23. The lowest BCUT2D eigenvalue weighted by molar-refractivity contribution is 0.660. The number of aryl methyl sites for hydroxylation is 3. The third-order valence-corrected chi connectivity index (χ3v) is 3.52. The van der Waals surface area contributed by atoms with Gasteiger partial charge in [-0.25, -0.2) is 19.6 Å². The number of aromatic nitrogens is 6. The summed E-state index contributed by atoms with van der Waals surface area (Å²) in [5.41, 5.74) is 8.62. The number of rotatable bonds is 6. The summed E-state index contributed by atoms with van der Waals surface area (Å²) in [7, 11) is 0. The first-order valence-electron chi connectivity index (χ1n) is 7.49. The molecule has 0 saturated carbocycles. The number of hydrogen-bond donors (Lipinski definition) is 2. The minimum Gasteiger partial charge on any atom is -0.393 e. The maximum Gasteiger partial charge on any atom is 0.182 e. The summed E-state index contributed by atoms with van der Waals surface area (Å²) in [6, 6.07) is 1.99. The maximum absolute atomic E-state index is 6.21. The Morgan fingerprint density at radius 3 is 2.83 bits per heavy atom. The minimum atomic E-state index is 0.501. The van der Waals surface area contributed by atoms with Crippen molar-refractivity contribution < 1.29 is 0 Å². The number of imidazole rings is 1. The van der Waals surface area contributed by atoms with Gasteiger partial charge in [0, 0.05) is 31.2 Å². The second-order valence-electron chi connectivity index (χ2n) is 5.38. The maximum atomic E-state index is 6.21. The van der Waals surface area contributed by atoms with Gasteiger partial charge >= 0.3 is 0 Å². The molecule has 3 aromatic rings. The molecule has 3 aromatic heterocycles. The Bertz CT molecular complexity index is 775. The van der Waals surface area contributed by atoms with Gasteiger partial charge in [0.25, 0.3) is 0 Å². The van der Waals surface area contributed by atoms with Crippen molar-refractivity contribution in [2.45, 2.75) is 26.8 Å². The first-order chi connectivity index (χ1) is 11.1. The van der Waals surface area contributed by atoms with Crippen LogP contribution in [0.1, 0.15) is 17.8 Å². The number of anilines is 2. The minimum absolute atomic E-state index is 0.501. The SMILES string of the molecule is Cc1cc(C)n(-c2ncnc(NCCCn3ccnc3)c2N)n1. The van der Waals surface area contributed by atoms with Gasteiger partial charge in [0.05, 0.1) is 12.0 Å². The van der Waals surface area contributed by atoms with Crippen LogP contribution in [0.2, 0.25) is 0 Å². The van der Waals surface area contributed by atoms with Gasteiger partial charge < -0.3 is 15.6 Å². The van der Waals surface area contributed by atoms with E-state index in [1.54, 1.807) is 17.2 Å². The van der Waals surface area contributed by atoms with E-state index in [1.807, 2.05) is 30.7 Å². The molecule has 0 aromatic carbocycles. The van der Waals surface area contributed by atoms with Crippen molar-refractivity contribution in [2.75, 3.05) is 17.6 Å². The van der Waals surface area contributed by atoms with Gasteiger partial charge in [0.1, 0.15) is 12.0 Å². The highest BCUT2D eigenvalue weighted by Gasteiger charge is 2.12. The molecule has 0 amide bonds. The second-order valence-corrected chi connectivity index (χ2v) is 5.38. The van der Waals surface area contributed by atoms with Gasteiger partial charge in [-0.15, -0.1) is 0 Å². The van der Waals surface area contributed by atoms with Crippen molar-refractivity contribution in [1.82, 2.24) is 29.3 Å². The molecule has 0 radical (unpaired) electrons. The van der Waals surface area contributed by atoms with Crippen LogP contribution >= 0.6 is 0 Å². The molecule has 0 bridgehead atoms. The quantitative estimate of drug-likeness (QED) is 0.670. The molecule has 8 nitrogen and oxygen atoms in total. The molecule has 0 saturated heterocycles. The lowest BCUT2D eigenvalue weighted by atomic mass is 10.3. The molecule has 0 aliphatic heterocycles. The summed E-state index contributed by atoms with van der Waals surface area (Å²) < 4.78 is 3.77. The van der Waals surface area contributed by atoms with Crippen LogP contribution in [-0.4, -0.2) is 35.8 Å². The zero-order chi connectivity index (χ0) is 16.2. The third kappa shape index (κ3) is 3.31. The van der Waals surface area contributed by atoms with Gasteiger partial charge in [0.15, 0.2) is 11.6 Å². The highest BCUT2D eigenvalue weighted by Crippen LogP contribution is 2.22. The standard InChI is InChI=1S/C15H20N8/c1-11-8-12(2)23(21-11)15-13(16)14(19-9-20-15)18-4-3-6-22-7-5-17-10-22/h5,7-10H,3-4,6,16H2,1-2H3,(H,18,19,20). The Morgan fingerprint density at radius 2 is 2.13 bits per heavy atom. The van der Waals surface area contributed by atoms with Crippen LogP contribution in [0.15, 0.2) is 31.1 Å². The van der Waals surface area contributed by atoms with Crippen LogP contribution < -0.4 is 11.1 Å². The Hall–Kier alpha value is -2.90. The largest absolute Gasteiger partial charge is 0.393 e. The number of nitrogen functional groups attached to an aromatic ring is 1. The van der Waals surface area contributed by atoms with Crippen LogP contribution in [-0.2, 0) is 6.54 Å². The van der Waals surface area contributed by atoms with E-state index in [0.29, 0.717) is 17.3 Å². The summed E-state index contributed by atoms with van der Waals surface area (Å²) in [4.78, 5) is 12.5. The van der Waals surface area contributed by atoms with E-state index < -0.39 is 0 Å². The molecule has 0 atom stereocenters. The van der Waals surface area contributed by atoms with Gasteiger partial charge in [-0.2, -0.15) is 5.10 Å². The van der Waals surface area contributed by atoms with Crippen LogP contribution in [0.25, 0.3) is 5.82 Å². The van der Waals surface area contributed by atoms with E-state index in [-0.39, 0.29) is 0 Å². The summed E-state index contributed by atoms with van der Waals surface area (Å²) in [6.07, 6.45) is 7.96. The zero-order valence-electron chi connectivity index (χ0n) is 13.3. The molecule has 23 heavy (non-hydrogen) atoms. The van der Waals surface area contributed by atoms with Gasteiger partial charge in [-0.1, -0.05) is 0 Å². The molecule has 0 aliphatic carbocycles. The number of hydrogen-bond acceptors (Lipinski definition) is 6. The molecule has 3 N–H and O–H groups in total. The summed E-state index contributed by atoms with van der Waals surface area (Å²) >= 11 is 0. The van der Waals surface area contributed by atoms with Crippen molar-refractivity contribution in [3.05, 3.63) is 42.5 Å². The normalized spacial score (nSPS) is 10.9. The van der Waals surface area contributed by atoms with Gasteiger partial charge in [-0.05, 0) is 26.3 Å². The summed E-state index contributed by atoms with van der Waals surface area (Å²) in [5, 5.41) is 7.68. The van der Waals surface area contributed by atoms with E-state index in [0.717, 1.165) is 30.9 Å². The third-order valence-electron chi connectivity index (χ3n) is 3.52. The monoisotopic (exact) mass is 312 g/mol. The lowest BCUT2D eigenvalue weighted by Gasteiger charge is -2.12. The van der Waals surface area contributed by atoms with Crippen molar-refractivity contribution >= 4 is 11.5 Å². The molecule has 0 unspecified atom stereocenters. The molecule has 3 heterocycles. The fourth-order valence-electron chi connectivity index (χ4n) is 2.43. The molecular formula is C15H20N8. The van der Waals surface area contributed by atoms with E-state index >= 15 is 0 Å². The zero-order valence-corrected chi connectivity index (χ0v) is 13.3. The number of nitrogens with two attached hydrogens (primary N) is 1. The van der Waals surface area contributed by atoms with E-state index in [9.17, 15) is 0 Å². The Balaban J connectivity index is 1.68. The molecule has 120 valence electrons. The molecular weight excluding hydrogens is 292 g/mol. The first kappa shape index (κ1) is 15.0. The topological polar surface area (TPSA) is 99.5 Å². The first-order valence-corrected chi connectivity index (χ1v) is 7.49. The molecule has 3 rings (SSSR count). The number of nitrogens with one attached hydrogen (secondary N) is 1. The average Bonchev–Trinajstić information content (AvgIpc) is 3.15. The fourth-order valence-corrected chi connectivity index (χ4v) is 2.43. The van der Waals surface area contributed by atoms with Crippen LogP contribution in [0.4, 0.5) is 11.5 Å². The number of nitrogens with zero attached hydrogens (tertiary/aromatic N) is 6. The molecule has 0 aliphatic rings. The van der Waals surface area contributed by atoms with Crippen LogP contribution in [0, 0.1) is 13.8 Å². The van der Waals surface area contributed by atoms with Gasteiger partial charge in [-0.3, -0.25) is 0 Å². The Kier molecular flexibility index (Phi) is 4.22. The van der Waals surface area contributed by atoms with Crippen molar-refractivity contribution in [1.29, 1.82) is 0 Å². The van der Waals surface area contributed by atoms with Crippen LogP contribution in [0.5, 0.6) is 0 Å². The highest BCUT2D eigenvalue weighted by molar-refractivity contribution is 5.69. The van der Waals surface area contributed by atoms with Crippen LogP contribution in [0.3, 0.4) is 0 Å². The molecule has 0 spiro atoms. The Labute approximate surface area is 134 Å². The van der Waals surface area contributed by atoms with E-state index in [4.69, 9.17) is 5.73 Å². The Morgan fingerprint density at radius 1 is 1.26 bits per heavy atom. The second kappa shape index (κ2) is 6.47. The van der Waals surface area contributed by atoms with Gasteiger partial charge in [0.2, 0.25) is 0 Å².